The van der Waals surface area contributed by atoms with Crippen molar-refractivity contribution >= 4 is 63.0 Å². The molecule has 1 amide bonds. The molecule has 3 aromatic rings. The monoisotopic (exact) mass is 408 g/mol. The molecule has 0 aliphatic carbocycles. The summed E-state index contributed by atoms with van der Waals surface area (Å²) in [6.07, 6.45) is 0. The molecule has 1 aromatic heterocycles. The molecule has 0 spiro atoms. The van der Waals surface area contributed by atoms with E-state index < -0.39 is 0 Å². The van der Waals surface area contributed by atoms with Crippen LogP contribution in [0, 0.1) is 0 Å². The van der Waals surface area contributed by atoms with Crippen molar-refractivity contribution in [3.8, 4) is 0 Å². The van der Waals surface area contributed by atoms with Gasteiger partial charge >= 0.3 is 0 Å². The predicted molar refractivity (Wildman–Crippen MR) is 107 cm³/mol. The first-order chi connectivity index (χ1) is 12.0. The molecule has 128 valence electrons. The fourth-order valence-corrected chi connectivity index (χ4v) is 4.53. The standard InChI is InChI=1S/C18H14Cl2N2OS2/c1-12(23)22(15-6-4-5-13(19)9-15)18-21-14(11-25-18)10-24-17-8-3-2-7-16(17)20/h2-9,11H,10H2,1H3. The number of amides is 1. The van der Waals surface area contributed by atoms with E-state index in [0.29, 0.717) is 21.6 Å². The minimum absolute atomic E-state index is 0.109. The van der Waals surface area contributed by atoms with Gasteiger partial charge < -0.3 is 0 Å². The van der Waals surface area contributed by atoms with Gasteiger partial charge in [-0.05, 0) is 30.3 Å². The molecule has 0 N–H and O–H groups in total. The Morgan fingerprint density at radius 3 is 2.72 bits per heavy atom. The fourth-order valence-electron chi connectivity index (χ4n) is 2.22. The highest BCUT2D eigenvalue weighted by molar-refractivity contribution is 7.98. The topological polar surface area (TPSA) is 33.2 Å². The number of rotatable bonds is 5. The van der Waals surface area contributed by atoms with Crippen LogP contribution in [0.4, 0.5) is 10.8 Å². The quantitative estimate of drug-likeness (QED) is 0.456. The van der Waals surface area contributed by atoms with Crippen LogP contribution in [0.2, 0.25) is 10.0 Å². The maximum Gasteiger partial charge on any atom is 0.230 e. The fraction of sp³-hybridized carbons (Fsp3) is 0.111. The van der Waals surface area contributed by atoms with Crippen LogP contribution in [0.25, 0.3) is 0 Å². The lowest BCUT2D eigenvalue weighted by Crippen LogP contribution is -2.22. The van der Waals surface area contributed by atoms with Gasteiger partial charge in [-0.1, -0.05) is 41.4 Å². The van der Waals surface area contributed by atoms with Gasteiger partial charge in [0, 0.05) is 28.0 Å². The molecular formula is C18H14Cl2N2OS2. The van der Waals surface area contributed by atoms with Crippen molar-refractivity contribution in [2.75, 3.05) is 4.90 Å². The summed E-state index contributed by atoms with van der Waals surface area (Å²) in [5.41, 5.74) is 1.61. The van der Waals surface area contributed by atoms with E-state index in [0.717, 1.165) is 15.6 Å². The van der Waals surface area contributed by atoms with E-state index in [-0.39, 0.29) is 5.91 Å². The number of carbonyl (C=O) groups excluding carboxylic acids is 1. The maximum atomic E-state index is 12.1. The Kier molecular flexibility index (Phi) is 6.02. The highest BCUT2D eigenvalue weighted by atomic mass is 35.5. The van der Waals surface area contributed by atoms with Crippen LogP contribution in [0.3, 0.4) is 0 Å². The smallest absolute Gasteiger partial charge is 0.230 e. The average Bonchev–Trinajstić information content (AvgIpc) is 3.02. The summed E-state index contributed by atoms with van der Waals surface area (Å²) in [5.74, 6) is 0.573. The van der Waals surface area contributed by atoms with Crippen molar-refractivity contribution in [3.05, 3.63) is 69.7 Å². The molecule has 0 atom stereocenters. The van der Waals surface area contributed by atoms with E-state index in [2.05, 4.69) is 4.98 Å². The molecule has 3 nitrogen and oxygen atoms in total. The number of thiazole rings is 1. The third kappa shape index (κ3) is 4.55. The molecule has 3 rings (SSSR count). The summed E-state index contributed by atoms with van der Waals surface area (Å²) in [6, 6.07) is 14.9. The molecule has 1 heterocycles. The Labute approximate surface area is 164 Å². The molecule has 0 saturated carbocycles. The lowest BCUT2D eigenvalue weighted by molar-refractivity contribution is -0.115. The highest BCUT2D eigenvalue weighted by Crippen LogP contribution is 2.33. The van der Waals surface area contributed by atoms with Gasteiger partial charge in [0.15, 0.2) is 5.13 Å². The van der Waals surface area contributed by atoms with Crippen molar-refractivity contribution in [1.82, 2.24) is 4.98 Å². The van der Waals surface area contributed by atoms with E-state index in [4.69, 9.17) is 23.2 Å². The van der Waals surface area contributed by atoms with Gasteiger partial charge in [0.1, 0.15) is 0 Å². The molecule has 0 radical (unpaired) electrons. The minimum Gasteiger partial charge on any atom is -0.274 e. The Morgan fingerprint density at radius 2 is 2.00 bits per heavy atom. The van der Waals surface area contributed by atoms with Crippen molar-refractivity contribution in [1.29, 1.82) is 0 Å². The number of benzene rings is 2. The molecule has 2 aromatic carbocycles. The second-order valence-electron chi connectivity index (χ2n) is 5.17. The van der Waals surface area contributed by atoms with E-state index in [1.807, 2.05) is 41.8 Å². The van der Waals surface area contributed by atoms with E-state index in [1.165, 1.54) is 18.3 Å². The van der Waals surface area contributed by atoms with Crippen molar-refractivity contribution in [3.63, 3.8) is 0 Å². The zero-order chi connectivity index (χ0) is 17.8. The van der Waals surface area contributed by atoms with Gasteiger partial charge in [-0.3, -0.25) is 9.69 Å². The predicted octanol–water partition coefficient (Wildman–Crippen LogP) is 6.43. The highest BCUT2D eigenvalue weighted by Gasteiger charge is 2.18. The van der Waals surface area contributed by atoms with Gasteiger partial charge in [0.2, 0.25) is 5.91 Å². The molecular weight excluding hydrogens is 395 g/mol. The molecule has 0 fully saturated rings. The third-order valence-electron chi connectivity index (χ3n) is 3.32. The maximum absolute atomic E-state index is 12.1. The van der Waals surface area contributed by atoms with Gasteiger partial charge in [0.25, 0.3) is 0 Å². The number of anilines is 2. The van der Waals surface area contributed by atoms with Crippen molar-refractivity contribution in [2.45, 2.75) is 17.6 Å². The van der Waals surface area contributed by atoms with E-state index in [9.17, 15) is 4.79 Å². The minimum atomic E-state index is -0.109. The zero-order valence-electron chi connectivity index (χ0n) is 13.3. The molecule has 0 saturated heterocycles. The number of hydrogen-bond donors (Lipinski definition) is 0. The summed E-state index contributed by atoms with van der Waals surface area (Å²) >= 11 is 15.3. The Balaban J connectivity index is 1.79. The van der Waals surface area contributed by atoms with Gasteiger partial charge in [-0.25, -0.2) is 4.98 Å². The first-order valence-electron chi connectivity index (χ1n) is 7.42. The first kappa shape index (κ1) is 18.3. The van der Waals surface area contributed by atoms with Crippen LogP contribution in [0.5, 0.6) is 0 Å². The summed E-state index contributed by atoms with van der Waals surface area (Å²) in [4.78, 5) is 19.3. The van der Waals surface area contributed by atoms with Gasteiger partial charge in [0.05, 0.1) is 16.4 Å². The number of thioether (sulfide) groups is 1. The Morgan fingerprint density at radius 1 is 1.20 bits per heavy atom. The van der Waals surface area contributed by atoms with Crippen LogP contribution in [0.15, 0.2) is 58.8 Å². The molecule has 25 heavy (non-hydrogen) atoms. The molecule has 0 aliphatic heterocycles. The van der Waals surface area contributed by atoms with Crippen LogP contribution in [0.1, 0.15) is 12.6 Å². The normalized spacial score (nSPS) is 10.7. The molecule has 0 bridgehead atoms. The molecule has 0 aliphatic rings. The van der Waals surface area contributed by atoms with Crippen LogP contribution in [-0.2, 0) is 10.5 Å². The summed E-state index contributed by atoms with van der Waals surface area (Å²) in [6.45, 7) is 1.51. The van der Waals surface area contributed by atoms with Crippen molar-refractivity contribution < 1.29 is 4.79 Å². The second kappa shape index (κ2) is 8.23. The molecule has 7 heteroatoms. The Hall–Kier alpha value is -1.53. The number of halogens is 2. The second-order valence-corrected chi connectivity index (χ2v) is 7.87. The number of hydrogen-bond acceptors (Lipinski definition) is 4. The lowest BCUT2D eigenvalue weighted by atomic mass is 10.3. The van der Waals surface area contributed by atoms with Crippen LogP contribution < -0.4 is 4.90 Å². The summed E-state index contributed by atoms with van der Waals surface area (Å²) in [7, 11) is 0. The number of carbonyl (C=O) groups is 1. The van der Waals surface area contributed by atoms with E-state index >= 15 is 0 Å². The SMILES string of the molecule is CC(=O)N(c1cccc(Cl)c1)c1nc(CSc2ccccc2Cl)cs1. The first-order valence-corrected chi connectivity index (χ1v) is 10.0. The zero-order valence-corrected chi connectivity index (χ0v) is 16.4. The molecule has 0 unspecified atom stereocenters. The van der Waals surface area contributed by atoms with Crippen LogP contribution >= 0.6 is 46.3 Å². The number of nitrogens with zero attached hydrogens (tertiary/aromatic N) is 2. The Bertz CT molecular complexity index is 898. The number of aromatic nitrogens is 1. The summed E-state index contributed by atoms with van der Waals surface area (Å²) < 4.78 is 0. The van der Waals surface area contributed by atoms with Gasteiger partial charge in [-0.2, -0.15) is 0 Å². The van der Waals surface area contributed by atoms with Crippen LogP contribution in [-0.4, -0.2) is 10.9 Å². The summed E-state index contributed by atoms with van der Waals surface area (Å²) in [5, 5.41) is 3.89. The lowest BCUT2D eigenvalue weighted by Gasteiger charge is -2.18. The van der Waals surface area contributed by atoms with Gasteiger partial charge in [-0.15, -0.1) is 23.1 Å². The average molecular weight is 409 g/mol. The van der Waals surface area contributed by atoms with Crippen molar-refractivity contribution in [2.24, 2.45) is 0 Å². The van der Waals surface area contributed by atoms with E-state index in [1.54, 1.807) is 28.8 Å². The largest absolute Gasteiger partial charge is 0.274 e. The third-order valence-corrected chi connectivity index (χ3v) is 5.98.